The molecule has 1 aromatic carbocycles. The number of carbonyl (C=O) groups is 2. The molecule has 2 aromatic rings. The van der Waals surface area contributed by atoms with Crippen molar-refractivity contribution >= 4 is 17.4 Å². The highest BCUT2D eigenvalue weighted by Gasteiger charge is 2.28. The van der Waals surface area contributed by atoms with Crippen LogP contribution in [0.2, 0.25) is 0 Å². The van der Waals surface area contributed by atoms with E-state index in [1.54, 1.807) is 17.0 Å². The first-order chi connectivity index (χ1) is 10.1. The maximum absolute atomic E-state index is 12.1. The van der Waals surface area contributed by atoms with Gasteiger partial charge in [-0.25, -0.2) is 0 Å². The van der Waals surface area contributed by atoms with Crippen molar-refractivity contribution in [2.75, 3.05) is 4.90 Å². The number of benzene rings is 1. The van der Waals surface area contributed by atoms with Crippen molar-refractivity contribution in [3.05, 3.63) is 65.8 Å². The van der Waals surface area contributed by atoms with Gasteiger partial charge in [0.15, 0.2) is 5.76 Å². The average molecular weight is 281 g/mol. The number of ketones is 1. The molecule has 0 atom stereocenters. The van der Waals surface area contributed by atoms with Crippen molar-refractivity contribution in [1.82, 2.24) is 0 Å². The molecule has 4 heteroatoms. The summed E-state index contributed by atoms with van der Waals surface area (Å²) < 4.78 is 5.09. The van der Waals surface area contributed by atoms with Crippen LogP contribution in [0.5, 0.6) is 0 Å². The van der Waals surface area contributed by atoms with Gasteiger partial charge in [0.05, 0.1) is 6.26 Å². The molecule has 0 bridgehead atoms. The predicted molar refractivity (Wildman–Crippen MR) is 79.0 cm³/mol. The summed E-state index contributed by atoms with van der Waals surface area (Å²) in [7, 11) is 0. The maximum Gasteiger partial charge on any atom is 0.231 e. The van der Waals surface area contributed by atoms with Crippen LogP contribution in [-0.4, -0.2) is 11.7 Å². The molecule has 0 N–H and O–H groups in total. The van der Waals surface area contributed by atoms with E-state index in [1.165, 1.54) is 12.3 Å². The Morgan fingerprint density at radius 3 is 2.62 bits per heavy atom. The van der Waals surface area contributed by atoms with Gasteiger partial charge in [-0.05, 0) is 37.6 Å². The van der Waals surface area contributed by atoms with Crippen molar-refractivity contribution in [2.45, 2.75) is 19.8 Å². The molecular formula is C17H15NO3. The van der Waals surface area contributed by atoms with Gasteiger partial charge < -0.3 is 4.42 Å². The van der Waals surface area contributed by atoms with Crippen molar-refractivity contribution in [1.29, 1.82) is 0 Å². The van der Waals surface area contributed by atoms with E-state index in [0.717, 1.165) is 11.3 Å². The summed E-state index contributed by atoms with van der Waals surface area (Å²) in [5.74, 6) is 0.0739. The molecule has 0 saturated carbocycles. The van der Waals surface area contributed by atoms with E-state index >= 15 is 0 Å². The second-order valence-corrected chi connectivity index (χ2v) is 5.04. The lowest BCUT2D eigenvalue weighted by Gasteiger charge is -2.18. The van der Waals surface area contributed by atoms with Crippen LogP contribution < -0.4 is 4.90 Å². The lowest BCUT2D eigenvalue weighted by Crippen LogP contribution is -2.22. The number of hydrogen-bond acceptors (Lipinski definition) is 3. The predicted octanol–water partition coefficient (Wildman–Crippen LogP) is 3.48. The number of furan rings is 1. The Morgan fingerprint density at radius 2 is 1.95 bits per heavy atom. The molecule has 0 unspecified atom stereocenters. The molecule has 2 heterocycles. The van der Waals surface area contributed by atoms with E-state index in [2.05, 4.69) is 0 Å². The third kappa shape index (κ3) is 2.65. The molecule has 0 spiro atoms. The summed E-state index contributed by atoms with van der Waals surface area (Å²) in [6, 6.07) is 11.0. The van der Waals surface area contributed by atoms with Crippen LogP contribution in [0.4, 0.5) is 5.69 Å². The topological polar surface area (TPSA) is 50.5 Å². The fourth-order valence-corrected chi connectivity index (χ4v) is 2.40. The number of hydrogen-bond donors (Lipinski definition) is 0. The summed E-state index contributed by atoms with van der Waals surface area (Å²) in [6.07, 6.45) is 3.94. The van der Waals surface area contributed by atoms with E-state index in [1.807, 2.05) is 31.2 Å². The van der Waals surface area contributed by atoms with Crippen LogP contribution in [0, 0.1) is 6.92 Å². The molecule has 1 amide bonds. The van der Waals surface area contributed by atoms with Gasteiger partial charge in [0.1, 0.15) is 0 Å². The quantitative estimate of drug-likeness (QED) is 0.639. The number of rotatable bonds is 3. The van der Waals surface area contributed by atoms with Crippen molar-refractivity contribution in [3.8, 4) is 0 Å². The zero-order chi connectivity index (χ0) is 14.8. The highest BCUT2D eigenvalue weighted by atomic mass is 16.3. The van der Waals surface area contributed by atoms with E-state index < -0.39 is 0 Å². The van der Waals surface area contributed by atoms with E-state index in [0.29, 0.717) is 18.5 Å². The molecule has 1 saturated heterocycles. The lowest BCUT2D eigenvalue weighted by molar-refractivity contribution is -0.116. The monoisotopic (exact) mass is 281 g/mol. The number of anilines is 1. The van der Waals surface area contributed by atoms with Crippen LogP contribution in [0.3, 0.4) is 0 Å². The van der Waals surface area contributed by atoms with Gasteiger partial charge in [0, 0.05) is 23.9 Å². The van der Waals surface area contributed by atoms with Gasteiger partial charge in [0.2, 0.25) is 11.7 Å². The highest BCUT2D eigenvalue weighted by Crippen LogP contribution is 2.29. The summed E-state index contributed by atoms with van der Waals surface area (Å²) in [5, 5.41) is 0. The number of aryl methyl sites for hydroxylation is 1. The Bertz CT molecular complexity index is 696. The van der Waals surface area contributed by atoms with Gasteiger partial charge in [-0.3, -0.25) is 14.5 Å². The van der Waals surface area contributed by atoms with Crippen LogP contribution in [-0.2, 0) is 4.79 Å². The zero-order valence-corrected chi connectivity index (χ0v) is 11.7. The fraction of sp³-hybridized carbons (Fsp3) is 0.176. The first-order valence-corrected chi connectivity index (χ1v) is 6.83. The third-order valence-electron chi connectivity index (χ3n) is 3.49. The maximum atomic E-state index is 12.1. The standard InChI is InChI=1S/C17H15NO3/c1-12-4-6-13(7-5-12)18-14(8-9-17(18)20)11-15(19)16-3-2-10-21-16/h2-7,10-11H,8-9H2,1H3/b14-11+. The number of amides is 1. The summed E-state index contributed by atoms with van der Waals surface area (Å²) in [6.45, 7) is 1.99. The van der Waals surface area contributed by atoms with Gasteiger partial charge in [0.25, 0.3) is 0 Å². The van der Waals surface area contributed by atoms with Crippen molar-refractivity contribution < 1.29 is 14.0 Å². The molecule has 4 nitrogen and oxygen atoms in total. The first-order valence-electron chi connectivity index (χ1n) is 6.83. The molecule has 1 aliphatic rings. The average Bonchev–Trinajstić information content (AvgIpc) is 3.11. The Morgan fingerprint density at radius 1 is 1.19 bits per heavy atom. The van der Waals surface area contributed by atoms with Gasteiger partial charge in [-0.15, -0.1) is 0 Å². The van der Waals surface area contributed by atoms with Crippen LogP contribution in [0.25, 0.3) is 0 Å². The smallest absolute Gasteiger partial charge is 0.231 e. The molecular weight excluding hydrogens is 266 g/mol. The minimum absolute atomic E-state index is 0.0114. The van der Waals surface area contributed by atoms with E-state index in [4.69, 9.17) is 4.42 Å². The second-order valence-electron chi connectivity index (χ2n) is 5.04. The summed E-state index contributed by atoms with van der Waals surface area (Å²) >= 11 is 0. The van der Waals surface area contributed by atoms with Crippen molar-refractivity contribution in [2.24, 2.45) is 0 Å². The Labute approximate surface area is 122 Å². The molecule has 21 heavy (non-hydrogen) atoms. The lowest BCUT2D eigenvalue weighted by atomic mass is 10.2. The zero-order valence-electron chi connectivity index (χ0n) is 11.7. The van der Waals surface area contributed by atoms with Crippen molar-refractivity contribution in [3.63, 3.8) is 0 Å². The van der Waals surface area contributed by atoms with E-state index in [9.17, 15) is 9.59 Å². The normalized spacial score (nSPS) is 16.7. The van der Waals surface area contributed by atoms with Gasteiger partial charge >= 0.3 is 0 Å². The molecule has 106 valence electrons. The Kier molecular flexibility index (Phi) is 3.44. The van der Waals surface area contributed by atoms with Gasteiger partial charge in [-0.2, -0.15) is 0 Å². The number of nitrogens with zero attached hydrogens (tertiary/aromatic N) is 1. The first kappa shape index (κ1) is 13.4. The third-order valence-corrected chi connectivity index (χ3v) is 3.49. The van der Waals surface area contributed by atoms with Crippen LogP contribution in [0.1, 0.15) is 29.0 Å². The Hall–Kier alpha value is -2.62. The second kappa shape index (κ2) is 5.40. The fourth-order valence-electron chi connectivity index (χ4n) is 2.40. The Balaban J connectivity index is 1.92. The minimum atomic E-state index is -0.221. The van der Waals surface area contributed by atoms with Crippen LogP contribution in [0.15, 0.2) is 58.9 Å². The molecule has 1 aromatic heterocycles. The SMILES string of the molecule is Cc1ccc(N2C(=O)CC/C2=C\C(=O)c2ccco2)cc1. The highest BCUT2D eigenvalue weighted by molar-refractivity contribution is 6.06. The summed E-state index contributed by atoms with van der Waals surface area (Å²) in [5.41, 5.74) is 2.63. The van der Waals surface area contributed by atoms with E-state index in [-0.39, 0.29) is 17.5 Å². The molecule has 1 aliphatic heterocycles. The number of allylic oxidation sites excluding steroid dienone is 2. The van der Waals surface area contributed by atoms with Crippen LogP contribution >= 0.6 is 0 Å². The number of carbonyl (C=O) groups excluding carboxylic acids is 2. The molecule has 1 fully saturated rings. The van der Waals surface area contributed by atoms with Gasteiger partial charge in [-0.1, -0.05) is 17.7 Å². The largest absolute Gasteiger partial charge is 0.461 e. The molecule has 3 rings (SSSR count). The minimum Gasteiger partial charge on any atom is -0.461 e. The molecule has 0 aliphatic carbocycles. The summed E-state index contributed by atoms with van der Waals surface area (Å²) in [4.78, 5) is 25.8. The molecule has 0 radical (unpaired) electrons.